The van der Waals surface area contributed by atoms with Gasteiger partial charge in [-0.3, -0.25) is 14.6 Å². The third-order valence-corrected chi connectivity index (χ3v) is 5.53. The molecule has 6 nitrogen and oxygen atoms in total. The number of piperidine rings is 1. The molecular weight excluding hydrogens is 306 g/mol. The van der Waals surface area contributed by atoms with E-state index in [0.29, 0.717) is 25.3 Å². The fourth-order valence-corrected chi connectivity index (χ4v) is 3.83. The number of rotatable bonds is 6. The van der Waals surface area contributed by atoms with E-state index in [1.807, 2.05) is 25.7 Å². The van der Waals surface area contributed by atoms with E-state index in [0.717, 1.165) is 19.5 Å². The lowest BCUT2D eigenvalue weighted by molar-refractivity contribution is -0.137. The normalized spacial score (nSPS) is 23.2. The van der Waals surface area contributed by atoms with Crippen molar-refractivity contribution in [2.24, 2.45) is 5.92 Å². The van der Waals surface area contributed by atoms with Crippen LogP contribution in [0.4, 0.5) is 4.79 Å². The number of hydrogen-bond donors (Lipinski definition) is 1. The zero-order chi connectivity index (χ0) is 18.1. The molecule has 1 unspecified atom stereocenters. The third-order valence-electron chi connectivity index (χ3n) is 5.53. The summed E-state index contributed by atoms with van der Waals surface area (Å²) in [4.78, 5) is 31.5. The molecule has 0 bridgehead atoms. The molecule has 0 radical (unpaired) electrons. The van der Waals surface area contributed by atoms with Gasteiger partial charge in [0.1, 0.15) is 5.54 Å². The second-order valence-corrected chi connectivity index (χ2v) is 7.98. The molecule has 24 heavy (non-hydrogen) atoms. The topological polar surface area (TPSA) is 64.1 Å². The summed E-state index contributed by atoms with van der Waals surface area (Å²) in [6, 6.07) is -0.139. The minimum absolute atomic E-state index is 0.0254. The SMILES string of the molecule is CC(C)CCN1C(=O)N(C(C)C)C(=O)C12CCN(C(C)CO)CC2. The Kier molecular flexibility index (Phi) is 5.91. The van der Waals surface area contributed by atoms with Crippen molar-refractivity contribution in [3.8, 4) is 0 Å². The van der Waals surface area contributed by atoms with Gasteiger partial charge in [-0.2, -0.15) is 0 Å². The Morgan fingerprint density at radius 1 is 1.08 bits per heavy atom. The monoisotopic (exact) mass is 339 g/mol. The summed E-state index contributed by atoms with van der Waals surface area (Å²) in [6.07, 6.45) is 2.22. The smallest absolute Gasteiger partial charge is 0.327 e. The lowest BCUT2D eigenvalue weighted by atomic mass is 9.85. The predicted molar refractivity (Wildman–Crippen MR) is 93.6 cm³/mol. The Balaban J connectivity index is 2.23. The minimum Gasteiger partial charge on any atom is -0.395 e. The number of hydrogen-bond acceptors (Lipinski definition) is 4. The van der Waals surface area contributed by atoms with E-state index in [-0.39, 0.29) is 30.6 Å². The summed E-state index contributed by atoms with van der Waals surface area (Å²) in [6.45, 7) is 12.3. The number of nitrogens with zero attached hydrogens (tertiary/aromatic N) is 3. The van der Waals surface area contributed by atoms with Crippen molar-refractivity contribution in [1.29, 1.82) is 0 Å². The van der Waals surface area contributed by atoms with Gasteiger partial charge in [0.05, 0.1) is 6.61 Å². The minimum atomic E-state index is -0.679. The van der Waals surface area contributed by atoms with Crippen LogP contribution in [0.1, 0.15) is 53.9 Å². The molecule has 1 atom stereocenters. The summed E-state index contributed by atoms with van der Waals surface area (Å²) in [5, 5.41) is 9.37. The van der Waals surface area contributed by atoms with Gasteiger partial charge in [0.2, 0.25) is 0 Å². The van der Waals surface area contributed by atoms with E-state index in [9.17, 15) is 14.7 Å². The highest BCUT2D eigenvalue weighted by atomic mass is 16.3. The van der Waals surface area contributed by atoms with E-state index in [2.05, 4.69) is 18.7 Å². The lowest BCUT2D eigenvalue weighted by Crippen LogP contribution is -2.58. The van der Waals surface area contributed by atoms with Gasteiger partial charge in [-0.05, 0) is 46.0 Å². The summed E-state index contributed by atoms with van der Waals surface area (Å²) in [7, 11) is 0. The number of carbonyl (C=O) groups is 2. The van der Waals surface area contributed by atoms with Crippen LogP contribution in [0.3, 0.4) is 0 Å². The molecular formula is C18H33N3O3. The van der Waals surface area contributed by atoms with Crippen molar-refractivity contribution in [3.05, 3.63) is 0 Å². The van der Waals surface area contributed by atoms with Crippen LogP contribution in [-0.2, 0) is 4.79 Å². The van der Waals surface area contributed by atoms with Crippen LogP contribution in [0.2, 0.25) is 0 Å². The van der Waals surface area contributed by atoms with Crippen molar-refractivity contribution >= 4 is 11.9 Å². The van der Waals surface area contributed by atoms with Crippen LogP contribution >= 0.6 is 0 Å². The first kappa shape index (κ1) is 19.2. The zero-order valence-corrected chi connectivity index (χ0v) is 15.8. The molecule has 1 spiro atoms. The lowest BCUT2D eigenvalue weighted by Gasteiger charge is -2.44. The van der Waals surface area contributed by atoms with Crippen LogP contribution in [0.5, 0.6) is 0 Å². The molecule has 2 rings (SSSR count). The molecule has 6 heteroatoms. The second-order valence-electron chi connectivity index (χ2n) is 7.98. The molecule has 3 amide bonds. The highest BCUT2D eigenvalue weighted by molar-refractivity contribution is 6.07. The fraction of sp³-hybridized carbons (Fsp3) is 0.889. The molecule has 2 aliphatic heterocycles. The summed E-state index contributed by atoms with van der Waals surface area (Å²) in [5.41, 5.74) is -0.679. The Labute approximate surface area is 145 Å². The molecule has 1 N–H and O–H groups in total. The van der Waals surface area contributed by atoms with E-state index in [1.54, 1.807) is 0 Å². The van der Waals surface area contributed by atoms with Crippen molar-refractivity contribution < 1.29 is 14.7 Å². The molecule has 2 aliphatic rings. The molecule has 2 fully saturated rings. The van der Waals surface area contributed by atoms with E-state index in [1.165, 1.54) is 4.90 Å². The van der Waals surface area contributed by atoms with Gasteiger partial charge in [-0.25, -0.2) is 4.79 Å². The standard InChI is InChI=1S/C18H33N3O3/c1-13(2)6-9-20-17(24)21(14(3)4)16(23)18(20)7-10-19(11-8-18)15(5)12-22/h13-15,22H,6-12H2,1-5H3. The molecule has 138 valence electrons. The number of aliphatic hydroxyl groups is 1. The molecule has 2 heterocycles. The largest absolute Gasteiger partial charge is 0.395 e. The number of likely N-dealkylation sites (tertiary alicyclic amines) is 1. The Morgan fingerprint density at radius 3 is 2.12 bits per heavy atom. The molecule has 0 aromatic heterocycles. The van der Waals surface area contributed by atoms with Gasteiger partial charge >= 0.3 is 6.03 Å². The van der Waals surface area contributed by atoms with Gasteiger partial charge in [0.25, 0.3) is 5.91 Å². The highest BCUT2D eigenvalue weighted by Gasteiger charge is 2.58. The third kappa shape index (κ3) is 3.31. The van der Waals surface area contributed by atoms with Crippen molar-refractivity contribution in [2.75, 3.05) is 26.2 Å². The number of aliphatic hydroxyl groups excluding tert-OH is 1. The maximum absolute atomic E-state index is 13.1. The van der Waals surface area contributed by atoms with Crippen LogP contribution in [-0.4, -0.2) is 75.6 Å². The van der Waals surface area contributed by atoms with Crippen molar-refractivity contribution in [1.82, 2.24) is 14.7 Å². The Bertz CT molecular complexity index is 470. The molecule has 2 saturated heterocycles. The molecule has 0 aromatic rings. The zero-order valence-electron chi connectivity index (χ0n) is 15.8. The summed E-state index contributed by atoms with van der Waals surface area (Å²) < 4.78 is 0. The van der Waals surface area contributed by atoms with E-state index < -0.39 is 5.54 Å². The first-order valence-corrected chi connectivity index (χ1v) is 9.24. The van der Waals surface area contributed by atoms with Gasteiger partial charge in [0, 0.05) is 31.7 Å². The van der Waals surface area contributed by atoms with Gasteiger partial charge in [-0.15, -0.1) is 0 Å². The average molecular weight is 339 g/mol. The highest BCUT2D eigenvalue weighted by Crippen LogP contribution is 2.38. The van der Waals surface area contributed by atoms with Crippen LogP contribution in [0, 0.1) is 5.92 Å². The van der Waals surface area contributed by atoms with Gasteiger partial charge in [-0.1, -0.05) is 13.8 Å². The molecule has 0 aromatic carbocycles. The van der Waals surface area contributed by atoms with Crippen LogP contribution < -0.4 is 0 Å². The van der Waals surface area contributed by atoms with Gasteiger partial charge in [0.15, 0.2) is 0 Å². The van der Waals surface area contributed by atoms with E-state index >= 15 is 0 Å². The van der Waals surface area contributed by atoms with Crippen molar-refractivity contribution in [3.63, 3.8) is 0 Å². The van der Waals surface area contributed by atoms with Crippen molar-refractivity contribution in [2.45, 2.75) is 71.5 Å². The summed E-state index contributed by atoms with van der Waals surface area (Å²) >= 11 is 0. The quantitative estimate of drug-likeness (QED) is 0.751. The Morgan fingerprint density at radius 2 is 1.67 bits per heavy atom. The average Bonchev–Trinajstić information content (AvgIpc) is 2.73. The Hall–Kier alpha value is -1.14. The number of urea groups is 1. The first-order chi connectivity index (χ1) is 11.2. The summed E-state index contributed by atoms with van der Waals surface area (Å²) in [5.74, 6) is 0.468. The van der Waals surface area contributed by atoms with Crippen LogP contribution in [0.15, 0.2) is 0 Å². The van der Waals surface area contributed by atoms with E-state index in [4.69, 9.17) is 0 Å². The number of imide groups is 1. The van der Waals surface area contributed by atoms with Gasteiger partial charge < -0.3 is 10.0 Å². The first-order valence-electron chi connectivity index (χ1n) is 9.24. The van der Waals surface area contributed by atoms with Crippen LogP contribution in [0.25, 0.3) is 0 Å². The molecule has 0 aliphatic carbocycles. The molecule has 0 saturated carbocycles. The second kappa shape index (κ2) is 7.40. The maximum Gasteiger partial charge on any atom is 0.327 e. The maximum atomic E-state index is 13.1. The number of amides is 3. The fourth-order valence-electron chi connectivity index (χ4n) is 3.83. The predicted octanol–water partition coefficient (Wildman–Crippen LogP) is 1.92. The number of carbonyl (C=O) groups excluding carboxylic acids is 2.